The number of piperazine rings is 1. The fourth-order valence-electron chi connectivity index (χ4n) is 2.47. The van der Waals surface area contributed by atoms with Crippen molar-refractivity contribution in [1.82, 2.24) is 4.90 Å². The maximum atomic E-state index is 5.86. The number of rotatable bonds is 3. The van der Waals surface area contributed by atoms with Crippen LogP contribution in [0.5, 0.6) is 0 Å². The molecule has 2 nitrogen and oxygen atoms in total. The number of anilines is 1. The van der Waals surface area contributed by atoms with Gasteiger partial charge in [-0.2, -0.15) is 0 Å². The molecule has 1 aliphatic rings. The van der Waals surface area contributed by atoms with Crippen LogP contribution in [-0.2, 0) is 0 Å². The first kappa shape index (κ1) is 13.4. The molecule has 3 heteroatoms. The van der Waals surface area contributed by atoms with Crippen LogP contribution in [0.4, 0.5) is 5.69 Å². The predicted molar refractivity (Wildman–Crippen MR) is 79.6 cm³/mol. The molecule has 1 aromatic carbocycles. The maximum absolute atomic E-state index is 5.86. The van der Waals surface area contributed by atoms with Gasteiger partial charge < -0.3 is 4.90 Å². The first-order chi connectivity index (χ1) is 8.58. The highest BCUT2D eigenvalue weighted by Gasteiger charge is 2.18. The highest BCUT2D eigenvalue weighted by atomic mass is 35.5. The van der Waals surface area contributed by atoms with Crippen LogP contribution >= 0.6 is 11.6 Å². The Morgan fingerprint density at radius 1 is 1.22 bits per heavy atom. The molecule has 1 saturated heterocycles. The average molecular weight is 265 g/mol. The molecule has 98 valence electrons. The predicted octanol–water partition coefficient (Wildman–Crippen LogP) is 3.18. The zero-order valence-corrected chi connectivity index (χ0v) is 12.0. The van der Waals surface area contributed by atoms with Crippen LogP contribution in [0.15, 0.2) is 29.8 Å². The van der Waals surface area contributed by atoms with Gasteiger partial charge in [0.05, 0.1) is 0 Å². The monoisotopic (exact) mass is 264 g/mol. The molecule has 1 aliphatic heterocycles. The Morgan fingerprint density at radius 2 is 1.89 bits per heavy atom. The van der Waals surface area contributed by atoms with Crippen molar-refractivity contribution in [2.45, 2.75) is 13.8 Å². The van der Waals surface area contributed by atoms with E-state index in [1.165, 1.54) is 16.8 Å². The van der Waals surface area contributed by atoms with Crippen LogP contribution in [0.25, 0.3) is 0 Å². The molecular weight excluding hydrogens is 244 g/mol. The quantitative estimate of drug-likeness (QED) is 0.827. The topological polar surface area (TPSA) is 6.48 Å². The molecule has 2 rings (SSSR count). The van der Waals surface area contributed by atoms with E-state index in [0.29, 0.717) is 0 Å². The molecule has 1 aromatic rings. The van der Waals surface area contributed by atoms with E-state index in [9.17, 15) is 0 Å². The van der Waals surface area contributed by atoms with E-state index < -0.39 is 0 Å². The number of hydrogen-bond acceptors (Lipinski definition) is 2. The fraction of sp³-hybridized carbons (Fsp3) is 0.467. The maximum Gasteiger partial charge on any atom is 0.0399 e. The summed E-state index contributed by atoms with van der Waals surface area (Å²) in [4.78, 5) is 4.83. The average Bonchev–Trinajstić information content (AvgIpc) is 2.33. The lowest BCUT2D eigenvalue weighted by Gasteiger charge is -2.36. The first-order valence-corrected chi connectivity index (χ1v) is 6.82. The molecular formula is C15H21ClN2. The third-order valence-electron chi connectivity index (χ3n) is 3.68. The van der Waals surface area contributed by atoms with Crippen LogP contribution in [0, 0.1) is 13.8 Å². The summed E-state index contributed by atoms with van der Waals surface area (Å²) < 4.78 is 0. The second-order valence-electron chi connectivity index (χ2n) is 5.00. The summed E-state index contributed by atoms with van der Waals surface area (Å²) in [6, 6.07) is 6.54. The Bertz CT molecular complexity index is 434. The van der Waals surface area contributed by atoms with E-state index >= 15 is 0 Å². The lowest BCUT2D eigenvalue weighted by molar-refractivity contribution is 0.282. The Kier molecular flexibility index (Phi) is 4.31. The van der Waals surface area contributed by atoms with Gasteiger partial charge in [-0.05, 0) is 31.0 Å². The normalized spacial score (nSPS) is 16.9. The molecule has 0 unspecified atom stereocenters. The fourth-order valence-corrected chi connectivity index (χ4v) is 2.64. The minimum Gasteiger partial charge on any atom is -0.369 e. The van der Waals surface area contributed by atoms with Gasteiger partial charge in [0.25, 0.3) is 0 Å². The van der Waals surface area contributed by atoms with Gasteiger partial charge in [-0.25, -0.2) is 0 Å². The van der Waals surface area contributed by atoms with Crippen LogP contribution in [0.3, 0.4) is 0 Å². The van der Waals surface area contributed by atoms with Crippen molar-refractivity contribution in [3.8, 4) is 0 Å². The molecule has 0 aliphatic carbocycles. The zero-order chi connectivity index (χ0) is 13.1. The minimum absolute atomic E-state index is 0.732. The molecule has 0 spiro atoms. The second-order valence-corrected chi connectivity index (χ2v) is 5.53. The Labute approximate surface area is 115 Å². The van der Waals surface area contributed by atoms with Crippen molar-refractivity contribution in [3.05, 3.63) is 40.9 Å². The molecule has 1 fully saturated rings. The minimum atomic E-state index is 0.732. The number of nitrogens with zero attached hydrogens (tertiary/aromatic N) is 2. The highest BCUT2D eigenvalue weighted by molar-refractivity contribution is 6.29. The van der Waals surface area contributed by atoms with Crippen molar-refractivity contribution in [2.75, 3.05) is 37.6 Å². The summed E-state index contributed by atoms with van der Waals surface area (Å²) in [5.74, 6) is 0. The molecule has 18 heavy (non-hydrogen) atoms. The molecule has 0 aromatic heterocycles. The van der Waals surface area contributed by atoms with Gasteiger partial charge in [-0.3, -0.25) is 4.90 Å². The van der Waals surface area contributed by atoms with Gasteiger partial charge in [-0.15, -0.1) is 0 Å². The van der Waals surface area contributed by atoms with Crippen molar-refractivity contribution < 1.29 is 0 Å². The highest BCUT2D eigenvalue weighted by Crippen LogP contribution is 2.23. The van der Waals surface area contributed by atoms with E-state index in [2.05, 4.69) is 48.4 Å². The first-order valence-electron chi connectivity index (χ1n) is 6.44. The summed E-state index contributed by atoms with van der Waals surface area (Å²) in [5, 5.41) is 0.732. The molecule has 0 bridgehead atoms. The van der Waals surface area contributed by atoms with E-state index in [4.69, 9.17) is 11.6 Å². The second kappa shape index (κ2) is 5.77. The molecule has 0 amide bonds. The van der Waals surface area contributed by atoms with E-state index in [1.807, 2.05) is 0 Å². The SMILES string of the molecule is C=C(Cl)CN1CCN(c2cccc(C)c2C)CC1. The van der Waals surface area contributed by atoms with Gasteiger partial charge in [0.15, 0.2) is 0 Å². The van der Waals surface area contributed by atoms with Crippen LogP contribution in [0.2, 0.25) is 0 Å². The standard InChI is InChI=1S/C15H21ClN2/c1-12-5-4-6-15(14(12)3)18-9-7-17(8-10-18)11-13(2)16/h4-6H,2,7-11H2,1,3H3. The van der Waals surface area contributed by atoms with Crippen LogP contribution < -0.4 is 4.90 Å². The summed E-state index contributed by atoms with van der Waals surface area (Å²) in [5.41, 5.74) is 4.14. The van der Waals surface area contributed by atoms with Gasteiger partial charge in [0.1, 0.15) is 0 Å². The molecule has 0 N–H and O–H groups in total. The van der Waals surface area contributed by atoms with Crippen molar-refractivity contribution in [1.29, 1.82) is 0 Å². The number of benzene rings is 1. The van der Waals surface area contributed by atoms with Crippen molar-refractivity contribution in [2.24, 2.45) is 0 Å². The number of halogens is 1. The van der Waals surface area contributed by atoms with Gasteiger partial charge in [0, 0.05) is 43.4 Å². The summed E-state index contributed by atoms with van der Waals surface area (Å²) in [6.07, 6.45) is 0. The third-order valence-corrected chi connectivity index (χ3v) is 3.80. The molecule has 0 saturated carbocycles. The van der Waals surface area contributed by atoms with Crippen molar-refractivity contribution in [3.63, 3.8) is 0 Å². The molecule has 1 heterocycles. The lowest BCUT2D eigenvalue weighted by Crippen LogP contribution is -2.46. The summed E-state index contributed by atoms with van der Waals surface area (Å²) in [6.45, 7) is 13.2. The molecule has 0 radical (unpaired) electrons. The Balaban J connectivity index is 2.01. The van der Waals surface area contributed by atoms with Gasteiger partial charge >= 0.3 is 0 Å². The Hall–Kier alpha value is -0.990. The van der Waals surface area contributed by atoms with Gasteiger partial charge in [-0.1, -0.05) is 30.3 Å². The van der Waals surface area contributed by atoms with Crippen LogP contribution in [0.1, 0.15) is 11.1 Å². The largest absolute Gasteiger partial charge is 0.369 e. The van der Waals surface area contributed by atoms with E-state index in [-0.39, 0.29) is 0 Å². The van der Waals surface area contributed by atoms with Crippen LogP contribution in [-0.4, -0.2) is 37.6 Å². The zero-order valence-electron chi connectivity index (χ0n) is 11.2. The van der Waals surface area contributed by atoms with E-state index in [1.54, 1.807) is 0 Å². The lowest BCUT2D eigenvalue weighted by atomic mass is 10.1. The van der Waals surface area contributed by atoms with Gasteiger partial charge in [0.2, 0.25) is 0 Å². The summed E-state index contributed by atoms with van der Waals surface area (Å²) >= 11 is 5.86. The Morgan fingerprint density at radius 3 is 2.50 bits per heavy atom. The molecule has 0 atom stereocenters. The number of aryl methyl sites for hydroxylation is 1. The smallest absolute Gasteiger partial charge is 0.0399 e. The summed E-state index contributed by atoms with van der Waals surface area (Å²) in [7, 11) is 0. The van der Waals surface area contributed by atoms with E-state index in [0.717, 1.165) is 37.8 Å². The number of hydrogen-bond donors (Lipinski definition) is 0. The third kappa shape index (κ3) is 3.06. The van der Waals surface area contributed by atoms with Crippen molar-refractivity contribution >= 4 is 17.3 Å².